The van der Waals surface area contributed by atoms with Crippen LogP contribution in [-0.4, -0.2) is 62.0 Å². The van der Waals surface area contributed by atoms with E-state index < -0.39 is 23.6 Å². The first-order valence-electron chi connectivity index (χ1n) is 12.4. The van der Waals surface area contributed by atoms with Crippen LogP contribution in [0.2, 0.25) is 0 Å². The number of carbonyl (C=O) groups is 1. The summed E-state index contributed by atoms with van der Waals surface area (Å²) in [7, 11) is 0. The van der Waals surface area contributed by atoms with Crippen molar-refractivity contribution in [3.05, 3.63) is 94.8 Å². The third-order valence-electron chi connectivity index (χ3n) is 6.62. The number of fused-ring (bicyclic) bond motifs is 1. The molecule has 2 aliphatic heterocycles. The van der Waals surface area contributed by atoms with Crippen LogP contribution in [0.3, 0.4) is 0 Å². The van der Waals surface area contributed by atoms with Crippen molar-refractivity contribution in [2.75, 3.05) is 51.4 Å². The van der Waals surface area contributed by atoms with Gasteiger partial charge >= 0.3 is 6.03 Å². The zero-order valence-corrected chi connectivity index (χ0v) is 20.7. The van der Waals surface area contributed by atoms with Crippen molar-refractivity contribution in [2.24, 2.45) is 0 Å². The van der Waals surface area contributed by atoms with Crippen molar-refractivity contribution in [2.45, 2.75) is 12.7 Å². The second-order valence-electron chi connectivity index (χ2n) is 9.15. The molecule has 2 aliphatic rings. The number of ether oxygens (including phenoxy) is 3. The lowest BCUT2D eigenvalue weighted by atomic mass is 10.0. The molecule has 0 unspecified atom stereocenters. The SMILES string of the molecule is O=C(Nc1cc(F)cc2c1OCOC2)N1CCN(CCO[C@H](c2ccccc2)c2ccc(F)c(F)c2)CC1. The Hall–Kier alpha value is -3.60. The molecule has 2 amide bonds. The molecule has 3 aromatic carbocycles. The van der Waals surface area contributed by atoms with Gasteiger partial charge in [0.25, 0.3) is 0 Å². The fourth-order valence-corrected chi connectivity index (χ4v) is 4.63. The number of hydrogen-bond acceptors (Lipinski definition) is 5. The summed E-state index contributed by atoms with van der Waals surface area (Å²) in [5.41, 5.74) is 2.21. The molecule has 0 bridgehead atoms. The van der Waals surface area contributed by atoms with Crippen LogP contribution < -0.4 is 10.1 Å². The maximum atomic E-state index is 14.0. The number of amides is 2. The number of piperazine rings is 1. The van der Waals surface area contributed by atoms with Gasteiger partial charge in [0.1, 0.15) is 11.9 Å². The Labute approximate surface area is 218 Å². The van der Waals surface area contributed by atoms with Gasteiger partial charge in [-0.25, -0.2) is 18.0 Å². The van der Waals surface area contributed by atoms with Crippen LogP contribution in [0.5, 0.6) is 5.75 Å². The second kappa shape index (κ2) is 11.8. The van der Waals surface area contributed by atoms with Crippen molar-refractivity contribution < 1.29 is 32.2 Å². The number of nitrogens with one attached hydrogen (secondary N) is 1. The maximum absolute atomic E-state index is 14.0. The smallest absolute Gasteiger partial charge is 0.322 e. The zero-order chi connectivity index (χ0) is 26.5. The van der Waals surface area contributed by atoms with Gasteiger partial charge in [0.05, 0.1) is 18.9 Å². The van der Waals surface area contributed by atoms with Crippen LogP contribution in [0.15, 0.2) is 60.7 Å². The van der Waals surface area contributed by atoms with E-state index in [0.29, 0.717) is 56.2 Å². The average Bonchev–Trinajstić information content (AvgIpc) is 2.93. The van der Waals surface area contributed by atoms with Crippen LogP contribution >= 0.6 is 0 Å². The highest BCUT2D eigenvalue weighted by molar-refractivity contribution is 5.91. The molecule has 0 radical (unpaired) electrons. The molecule has 2 heterocycles. The summed E-state index contributed by atoms with van der Waals surface area (Å²) >= 11 is 0. The monoisotopic (exact) mass is 527 g/mol. The van der Waals surface area contributed by atoms with Gasteiger partial charge in [0.2, 0.25) is 0 Å². The van der Waals surface area contributed by atoms with Gasteiger partial charge in [0, 0.05) is 44.4 Å². The number of anilines is 1. The van der Waals surface area contributed by atoms with E-state index in [1.54, 1.807) is 4.90 Å². The molecule has 0 saturated carbocycles. The van der Waals surface area contributed by atoms with Crippen LogP contribution in [0.4, 0.5) is 23.7 Å². The first kappa shape index (κ1) is 26.0. The highest BCUT2D eigenvalue weighted by Gasteiger charge is 2.25. The Kier molecular flexibility index (Phi) is 8.11. The van der Waals surface area contributed by atoms with E-state index in [-0.39, 0.29) is 25.1 Å². The van der Waals surface area contributed by atoms with Gasteiger partial charge < -0.3 is 24.4 Å². The summed E-state index contributed by atoms with van der Waals surface area (Å²) in [5, 5.41) is 2.76. The van der Waals surface area contributed by atoms with Crippen molar-refractivity contribution in [1.82, 2.24) is 9.80 Å². The molecule has 5 rings (SSSR count). The molecule has 7 nitrogen and oxygen atoms in total. The summed E-state index contributed by atoms with van der Waals surface area (Å²) in [5.74, 6) is -1.87. The summed E-state index contributed by atoms with van der Waals surface area (Å²) in [6.45, 7) is 3.46. The first-order chi connectivity index (χ1) is 18.5. The molecule has 10 heteroatoms. The molecule has 0 aliphatic carbocycles. The Morgan fingerprint density at radius 1 is 0.947 bits per heavy atom. The molecule has 38 heavy (non-hydrogen) atoms. The predicted molar refractivity (Wildman–Crippen MR) is 134 cm³/mol. The number of halogens is 3. The fraction of sp³-hybridized carbons (Fsp3) is 0.321. The first-order valence-corrected chi connectivity index (χ1v) is 12.4. The van der Waals surface area contributed by atoms with E-state index in [9.17, 15) is 18.0 Å². The minimum Gasteiger partial charge on any atom is -0.465 e. The van der Waals surface area contributed by atoms with Crippen LogP contribution in [0.25, 0.3) is 0 Å². The quantitative estimate of drug-likeness (QED) is 0.473. The van der Waals surface area contributed by atoms with Crippen LogP contribution in [-0.2, 0) is 16.1 Å². The van der Waals surface area contributed by atoms with Gasteiger partial charge in [-0.05, 0) is 29.3 Å². The minimum atomic E-state index is -0.917. The lowest BCUT2D eigenvalue weighted by Crippen LogP contribution is -2.50. The third-order valence-corrected chi connectivity index (χ3v) is 6.62. The molecule has 1 saturated heterocycles. The summed E-state index contributed by atoms with van der Waals surface area (Å²) < 4.78 is 58.2. The van der Waals surface area contributed by atoms with Gasteiger partial charge in [-0.1, -0.05) is 36.4 Å². The molecule has 1 atom stereocenters. The number of benzene rings is 3. The fourth-order valence-electron chi connectivity index (χ4n) is 4.63. The van der Waals surface area contributed by atoms with Crippen molar-refractivity contribution in [3.8, 4) is 5.75 Å². The van der Waals surface area contributed by atoms with E-state index in [2.05, 4.69) is 10.2 Å². The summed E-state index contributed by atoms with van der Waals surface area (Å²) in [6, 6.07) is 15.4. The lowest BCUT2D eigenvalue weighted by Gasteiger charge is -2.35. The number of carbonyl (C=O) groups excluding carboxylic acids is 1. The van der Waals surface area contributed by atoms with Gasteiger partial charge in [-0.3, -0.25) is 4.90 Å². The maximum Gasteiger partial charge on any atom is 0.322 e. The van der Waals surface area contributed by atoms with E-state index in [1.165, 1.54) is 18.2 Å². The molecular formula is C28H28F3N3O4. The van der Waals surface area contributed by atoms with E-state index in [0.717, 1.165) is 17.7 Å². The van der Waals surface area contributed by atoms with Crippen molar-refractivity contribution >= 4 is 11.7 Å². The summed E-state index contributed by atoms with van der Waals surface area (Å²) in [4.78, 5) is 16.7. The van der Waals surface area contributed by atoms with Gasteiger partial charge in [-0.15, -0.1) is 0 Å². The van der Waals surface area contributed by atoms with E-state index >= 15 is 0 Å². The molecule has 200 valence electrons. The van der Waals surface area contributed by atoms with Crippen LogP contribution in [0, 0.1) is 17.5 Å². The number of rotatable bonds is 7. The van der Waals surface area contributed by atoms with E-state index in [1.807, 2.05) is 30.3 Å². The number of nitrogens with zero attached hydrogens (tertiary/aromatic N) is 2. The number of urea groups is 1. The normalized spacial score (nSPS) is 16.4. The molecule has 1 N–H and O–H groups in total. The molecule has 0 aromatic heterocycles. The standard InChI is InChI=1S/C28H28F3N3O4/c29-22-14-21-17-36-18-38-27(21)25(16-22)32-28(35)34-10-8-33(9-11-34)12-13-37-26(19-4-2-1-3-5-19)20-6-7-23(30)24(31)15-20/h1-7,14-16,26H,8-13,17-18H2,(H,32,35)/t26-/m1/s1. The van der Waals surface area contributed by atoms with Crippen LogP contribution in [0.1, 0.15) is 22.8 Å². The lowest BCUT2D eigenvalue weighted by molar-refractivity contribution is -0.0160. The molecule has 3 aromatic rings. The minimum absolute atomic E-state index is 0.0451. The average molecular weight is 528 g/mol. The van der Waals surface area contributed by atoms with Gasteiger partial charge in [-0.2, -0.15) is 0 Å². The highest BCUT2D eigenvalue weighted by atomic mass is 19.2. The Balaban J connectivity index is 1.14. The van der Waals surface area contributed by atoms with E-state index in [4.69, 9.17) is 14.2 Å². The molecule has 0 spiro atoms. The Morgan fingerprint density at radius 3 is 2.50 bits per heavy atom. The highest BCUT2D eigenvalue weighted by Crippen LogP contribution is 2.34. The van der Waals surface area contributed by atoms with Gasteiger partial charge in [0.15, 0.2) is 24.2 Å². The topological polar surface area (TPSA) is 63.3 Å². The zero-order valence-electron chi connectivity index (χ0n) is 20.7. The summed E-state index contributed by atoms with van der Waals surface area (Å²) in [6.07, 6.45) is -0.539. The predicted octanol–water partition coefficient (Wildman–Crippen LogP) is 4.93. The Morgan fingerprint density at radius 2 is 1.74 bits per heavy atom. The molecule has 1 fully saturated rings. The van der Waals surface area contributed by atoms with Crippen molar-refractivity contribution in [1.29, 1.82) is 0 Å². The third kappa shape index (κ3) is 6.09. The Bertz CT molecular complexity index is 1270. The largest absolute Gasteiger partial charge is 0.465 e. The second-order valence-corrected chi connectivity index (χ2v) is 9.15. The number of hydrogen-bond donors (Lipinski definition) is 1. The van der Waals surface area contributed by atoms with Crippen molar-refractivity contribution in [3.63, 3.8) is 0 Å². The molecular weight excluding hydrogens is 499 g/mol.